The summed E-state index contributed by atoms with van der Waals surface area (Å²) < 4.78 is 5.68. The molecule has 33 heavy (non-hydrogen) atoms. The summed E-state index contributed by atoms with van der Waals surface area (Å²) in [6, 6.07) is 20.1. The predicted octanol–water partition coefficient (Wildman–Crippen LogP) is 3.43. The maximum atomic E-state index is 13.3. The molecule has 6 nitrogen and oxygen atoms in total. The van der Waals surface area contributed by atoms with Crippen LogP contribution in [0.2, 0.25) is 0 Å². The normalized spacial score (nSPS) is 19.7. The molecule has 2 aliphatic rings. The maximum absolute atomic E-state index is 13.3. The first-order chi connectivity index (χ1) is 16.2. The van der Waals surface area contributed by atoms with Crippen LogP contribution < -0.4 is 4.74 Å². The van der Waals surface area contributed by atoms with Crippen LogP contribution >= 0.6 is 0 Å². The number of benzene rings is 2. The summed E-state index contributed by atoms with van der Waals surface area (Å²) >= 11 is 0. The van der Waals surface area contributed by atoms with Gasteiger partial charge in [0.1, 0.15) is 5.75 Å². The van der Waals surface area contributed by atoms with Crippen LogP contribution in [-0.2, 0) is 16.1 Å². The van der Waals surface area contributed by atoms with E-state index in [-0.39, 0.29) is 17.7 Å². The van der Waals surface area contributed by atoms with Crippen LogP contribution in [0.4, 0.5) is 0 Å². The zero-order valence-corrected chi connectivity index (χ0v) is 19.4. The number of hydrogen-bond acceptors (Lipinski definition) is 4. The quantitative estimate of drug-likeness (QED) is 0.650. The van der Waals surface area contributed by atoms with Crippen LogP contribution in [-0.4, -0.2) is 72.4 Å². The van der Waals surface area contributed by atoms with Gasteiger partial charge in [0.05, 0.1) is 18.9 Å². The molecule has 1 unspecified atom stereocenters. The number of hydrogen-bond donors (Lipinski definition) is 0. The fraction of sp³-hybridized carbons (Fsp3) is 0.481. The third-order valence-electron chi connectivity index (χ3n) is 6.60. The number of amides is 2. The van der Waals surface area contributed by atoms with E-state index in [0.29, 0.717) is 19.6 Å². The zero-order valence-electron chi connectivity index (χ0n) is 19.4. The van der Waals surface area contributed by atoms with E-state index in [1.165, 1.54) is 5.56 Å². The van der Waals surface area contributed by atoms with E-state index in [1.54, 1.807) is 0 Å². The number of carbonyl (C=O) groups is 2. The van der Waals surface area contributed by atoms with Crippen LogP contribution in [0.5, 0.6) is 5.75 Å². The molecule has 2 heterocycles. The second kappa shape index (κ2) is 11.8. The SMILES string of the molecule is O=C(CCOc1ccccc1)N1CCCC(C(=O)N2CCCN(Cc3ccccc3)CC2)C1. The Labute approximate surface area is 197 Å². The van der Waals surface area contributed by atoms with Crippen molar-refractivity contribution >= 4 is 11.8 Å². The maximum Gasteiger partial charge on any atom is 0.227 e. The van der Waals surface area contributed by atoms with Gasteiger partial charge in [-0.05, 0) is 37.0 Å². The molecule has 0 aromatic heterocycles. The van der Waals surface area contributed by atoms with Crippen molar-refractivity contribution in [2.45, 2.75) is 32.2 Å². The van der Waals surface area contributed by atoms with Crippen molar-refractivity contribution in [1.82, 2.24) is 14.7 Å². The van der Waals surface area contributed by atoms with Gasteiger partial charge in [-0.25, -0.2) is 0 Å². The molecule has 0 radical (unpaired) electrons. The molecule has 2 amide bonds. The van der Waals surface area contributed by atoms with E-state index < -0.39 is 0 Å². The lowest BCUT2D eigenvalue weighted by molar-refractivity contribution is -0.141. The summed E-state index contributed by atoms with van der Waals surface area (Å²) in [5.74, 6) is 0.987. The first kappa shape index (κ1) is 23.3. The first-order valence-electron chi connectivity index (χ1n) is 12.2. The first-order valence-corrected chi connectivity index (χ1v) is 12.2. The van der Waals surface area contributed by atoms with E-state index in [0.717, 1.165) is 64.3 Å². The Morgan fingerprint density at radius 1 is 0.818 bits per heavy atom. The molecule has 2 fully saturated rings. The van der Waals surface area contributed by atoms with Crippen molar-refractivity contribution in [2.75, 3.05) is 45.9 Å². The van der Waals surface area contributed by atoms with Gasteiger partial charge in [0, 0.05) is 45.8 Å². The van der Waals surface area contributed by atoms with E-state index in [9.17, 15) is 9.59 Å². The molecule has 4 rings (SSSR count). The highest BCUT2D eigenvalue weighted by molar-refractivity contribution is 5.81. The van der Waals surface area contributed by atoms with Crippen molar-refractivity contribution in [3.8, 4) is 5.75 Å². The number of rotatable bonds is 7. The molecule has 0 aliphatic carbocycles. The lowest BCUT2D eigenvalue weighted by Crippen LogP contribution is -2.47. The van der Waals surface area contributed by atoms with Gasteiger partial charge in [0.25, 0.3) is 0 Å². The van der Waals surface area contributed by atoms with E-state index in [4.69, 9.17) is 4.74 Å². The van der Waals surface area contributed by atoms with Crippen molar-refractivity contribution in [2.24, 2.45) is 5.92 Å². The van der Waals surface area contributed by atoms with Crippen molar-refractivity contribution < 1.29 is 14.3 Å². The largest absolute Gasteiger partial charge is 0.493 e. The van der Waals surface area contributed by atoms with Crippen LogP contribution in [0, 0.1) is 5.92 Å². The lowest BCUT2D eigenvalue weighted by atomic mass is 9.96. The summed E-state index contributed by atoms with van der Waals surface area (Å²) in [5.41, 5.74) is 1.31. The molecule has 1 atom stereocenters. The second-order valence-corrected chi connectivity index (χ2v) is 9.03. The van der Waals surface area contributed by atoms with Crippen molar-refractivity contribution in [1.29, 1.82) is 0 Å². The summed E-state index contributed by atoms with van der Waals surface area (Å²) in [6.45, 7) is 6.04. The molecule has 0 saturated carbocycles. The average Bonchev–Trinajstić information content (AvgIpc) is 3.10. The molecular formula is C27H35N3O3. The molecule has 2 aliphatic heterocycles. The fourth-order valence-electron chi connectivity index (χ4n) is 4.79. The molecule has 2 saturated heterocycles. The van der Waals surface area contributed by atoms with Crippen LogP contribution in [0.1, 0.15) is 31.2 Å². The van der Waals surface area contributed by atoms with Crippen LogP contribution in [0.3, 0.4) is 0 Å². The minimum atomic E-state index is -0.0848. The number of ether oxygens (including phenoxy) is 1. The highest BCUT2D eigenvalue weighted by atomic mass is 16.5. The van der Waals surface area contributed by atoms with Gasteiger partial charge in [0.2, 0.25) is 11.8 Å². The predicted molar refractivity (Wildman–Crippen MR) is 129 cm³/mol. The Morgan fingerprint density at radius 3 is 2.33 bits per heavy atom. The summed E-state index contributed by atoms with van der Waals surface area (Å²) in [7, 11) is 0. The number of carbonyl (C=O) groups excluding carboxylic acids is 2. The van der Waals surface area contributed by atoms with Crippen LogP contribution in [0.15, 0.2) is 60.7 Å². The van der Waals surface area contributed by atoms with Gasteiger partial charge < -0.3 is 14.5 Å². The second-order valence-electron chi connectivity index (χ2n) is 9.03. The molecule has 6 heteroatoms. The van der Waals surface area contributed by atoms with E-state index in [1.807, 2.05) is 46.2 Å². The summed E-state index contributed by atoms with van der Waals surface area (Å²) in [5, 5.41) is 0. The Bertz CT molecular complexity index is 890. The number of piperidine rings is 1. The Kier molecular flexibility index (Phi) is 8.36. The van der Waals surface area contributed by atoms with Gasteiger partial charge in [-0.2, -0.15) is 0 Å². The Balaban J connectivity index is 1.23. The minimum Gasteiger partial charge on any atom is -0.493 e. The Morgan fingerprint density at radius 2 is 1.55 bits per heavy atom. The van der Waals surface area contributed by atoms with E-state index in [2.05, 4.69) is 29.2 Å². The molecule has 0 bridgehead atoms. The van der Waals surface area contributed by atoms with Gasteiger partial charge in [-0.1, -0.05) is 48.5 Å². The van der Waals surface area contributed by atoms with Crippen molar-refractivity contribution in [3.63, 3.8) is 0 Å². The molecule has 0 N–H and O–H groups in total. The van der Waals surface area contributed by atoms with Gasteiger partial charge in [-0.15, -0.1) is 0 Å². The zero-order chi connectivity index (χ0) is 22.9. The van der Waals surface area contributed by atoms with Crippen LogP contribution in [0.25, 0.3) is 0 Å². The highest BCUT2D eigenvalue weighted by Gasteiger charge is 2.31. The van der Waals surface area contributed by atoms with Crippen molar-refractivity contribution in [3.05, 3.63) is 66.2 Å². The standard InChI is InChI=1S/C27H35N3O3/c31-26(14-20-33-25-12-5-2-6-13-25)30-16-7-11-24(22-30)27(32)29-17-8-15-28(18-19-29)21-23-9-3-1-4-10-23/h1-6,9-10,12-13,24H,7-8,11,14-22H2. The molecule has 0 spiro atoms. The number of likely N-dealkylation sites (tertiary alicyclic amines) is 1. The molecule has 176 valence electrons. The van der Waals surface area contributed by atoms with Gasteiger partial charge >= 0.3 is 0 Å². The third-order valence-corrected chi connectivity index (χ3v) is 6.60. The minimum absolute atomic E-state index is 0.0772. The molecule has 2 aromatic carbocycles. The Hall–Kier alpha value is -2.86. The average molecular weight is 450 g/mol. The van der Waals surface area contributed by atoms with E-state index >= 15 is 0 Å². The van der Waals surface area contributed by atoms with Gasteiger partial charge in [-0.3, -0.25) is 14.5 Å². The fourth-order valence-corrected chi connectivity index (χ4v) is 4.79. The number of para-hydroxylation sites is 1. The lowest BCUT2D eigenvalue weighted by Gasteiger charge is -2.35. The number of nitrogens with zero attached hydrogens (tertiary/aromatic N) is 3. The smallest absolute Gasteiger partial charge is 0.227 e. The third kappa shape index (κ3) is 6.81. The summed E-state index contributed by atoms with van der Waals surface area (Å²) in [6.07, 6.45) is 3.09. The van der Waals surface area contributed by atoms with Gasteiger partial charge in [0.15, 0.2) is 0 Å². The molecule has 2 aromatic rings. The molecular weight excluding hydrogens is 414 g/mol. The topological polar surface area (TPSA) is 53.1 Å². The highest BCUT2D eigenvalue weighted by Crippen LogP contribution is 2.21. The monoisotopic (exact) mass is 449 g/mol. The summed E-state index contributed by atoms with van der Waals surface area (Å²) in [4.78, 5) is 32.3.